The minimum Gasteiger partial charge on any atom is -0.212 e. The zero-order valence-corrected chi connectivity index (χ0v) is 13.8. The lowest BCUT2D eigenvalue weighted by Crippen LogP contribution is -2.32. The third kappa shape index (κ3) is 4.97. The van der Waals surface area contributed by atoms with Crippen LogP contribution in [0.4, 0.5) is 0 Å². The van der Waals surface area contributed by atoms with Crippen molar-refractivity contribution in [3.05, 3.63) is 71.8 Å². The largest absolute Gasteiger partial charge is 0.214 e. The molecule has 0 atom stereocenters. The standard InChI is InChI=1S/C18H23NO2S/c1-2-3-14-22(20,21)19(15-17-10-6-4-7-11-17)16-18-12-8-5-9-13-18/h4-13H,2-3,14-16H2,1H3. The highest BCUT2D eigenvalue weighted by molar-refractivity contribution is 7.89. The second-order valence-corrected chi connectivity index (χ2v) is 7.50. The maximum Gasteiger partial charge on any atom is 0.214 e. The van der Waals surface area contributed by atoms with Crippen molar-refractivity contribution in [3.63, 3.8) is 0 Å². The van der Waals surface area contributed by atoms with Crippen molar-refractivity contribution in [3.8, 4) is 0 Å². The van der Waals surface area contributed by atoms with E-state index in [1.54, 1.807) is 4.31 Å². The zero-order chi connectivity index (χ0) is 15.8. The Balaban J connectivity index is 2.20. The lowest BCUT2D eigenvalue weighted by molar-refractivity contribution is 0.400. The molecule has 0 radical (unpaired) electrons. The highest BCUT2D eigenvalue weighted by atomic mass is 32.2. The van der Waals surface area contributed by atoms with E-state index >= 15 is 0 Å². The van der Waals surface area contributed by atoms with Gasteiger partial charge in [-0.1, -0.05) is 74.0 Å². The molecular formula is C18H23NO2S. The van der Waals surface area contributed by atoms with Gasteiger partial charge in [0.2, 0.25) is 10.0 Å². The van der Waals surface area contributed by atoms with Crippen LogP contribution in [0.25, 0.3) is 0 Å². The predicted octanol–water partition coefficient (Wildman–Crippen LogP) is 3.82. The summed E-state index contributed by atoms with van der Waals surface area (Å²) in [6.07, 6.45) is 1.58. The summed E-state index contributed by atoms with van der Waals surface area (Å²) in [5.41, 5.74) is 2.03. The highest BCUT2D eigenvalue weighted by Crippen LogP contribution is 2.15. The molecule has 0 saturated carbocycles. The van der Waals surface area contributed by atoms with Gasteiger partial charge in [-0.3, -0.25) is 0 Å². The van der Waals surface area contributed by atoms with Crippen molar-refractivity contribution in [1.29, 1.82) is 0 Å². The topological polar surface area (TPSA) is 37.4 Å². The van der Waals surface area contributed by atoms with Gasteiger partial charge in [-0.05, 0) is 17.5 Å². The summed E-state index contributed by atoms with van der Waals surface area (Å²) in [5, 5.41) is 0. The van der Waals surface area contributed by atoms with Crippen LogP contribution in [0.5, 0.6) is 0 Å². The molecule has 0 heterocycles. The Kier molecular flexibility index (Phi) is 6.16. The van der Waals surface area contributed by atoms with Crippen LogP contribution >= 0.6 is 0 Å². The van der Waals surface area contributed by atoms with E-state index in [4.69, 9.17) is 0 Å². The van der Waals surface area contributed by atoms with Crippen molar-refractivity contribution in [2.24, 2.45) is 0 Å². The Hall–Kier alpha value is -1.65. The molecule has 2 aromatic rings. The molecule has 118 valence electrons. The van der Waals surface area contributed by atoms with Crippen molar-refractivity contribution in [2.75, 3.05) is 5.75 Å². The minimum atomic E-state index is -3.25. The molecule has 0 spiro atoms. The van der Waals surface area contributed by atoms with E-state index in [1.807, 2.05) is 67.6 Å². The van der Waals surface area contributed by atoms with Gasteiger partial charge >= 0.3 is 0 Å². The summed E-state index contributed by atoms with van der Waals surface area (Å²) >= 11 is 0. The highest BCUT2D eigenvalue weighted by Gasteiger charge is 2.21. The Morgan fingerprint density at radius 2 is 1.27 bits per heavy atom. The van der Waals surface area contributed by atoms with E-state index in [0.29, 0.717) is 19.5 Å². The van der Waals surface area contributed by atoms with Gasteiger partial charge in [-0.15, -0.1) is 0 Å². The summed E-state index contributed by atoms with van der Waals surface area (Å²) in [5.74, 6) is 0.211. The smallest absolute Gasteiger partial charge is 0.212 e. The summed E-state index contributed by atoms with van der Waals surface area (Å²) in [6.45, 7) is 2.85. The first kappa shape index (κ1) is 16.7. The van der Waals surface area contributed by atoms with Gasteiger partial charge < -0.3 is 0 Å². The Morgan fingerprint density at radius 1 is 0.818 bits per heavy atom. The first-order valence-corrected chi connectivity index (χ1v) is 9.28. The maximum absolute atomic E-state index is 12.6. The molecule has 0 N–H and O–H groups in total. The Labute approximate surface area is 133 Å². The Morgan fingerprint density at radius 3 is 1.68 bits per heavy atom. The first-order valence-electron chi connectivity index (χ1n) is 7.67. The fourth-order valence-electron chi connectivity index (χ4n) is 2.28. The molecule has 4 heteroatoms. The predicted molar refractivity (Wildman–Crippen MR) is 90.8 cm³/mol. The zero-order valence-electron chi connectivity index (χ0n) is 13.0. The quantitative estimate of drug-likeness (QED) is 0.742. The summed E-state index contributed by atoms with van der Waals surface area (Å²) in [4.78, 5) is 0. The molecule has 0 amide bonds. The molecule has 0 fully saturated rings. The van der Waals surface area contributed by atoms with Gasteiger partial charge in [0, 0.05) is 13.1 Å². The summed E-state index contributed by atoms with van der Waals surface area (Å²) in [7, 11) is -3.25. The summed E-state index contributed by atoms with van der Waals surface area (Å²) in [6, 6.07) is 19.5. The lowest BCUT2D eigenvalue weighted by atomic mass is 10.2. The first-order chi connectivity index (χ1) is 10.6. The van der Waals surface area contributed by atoms with Gasteiger partial charge in [0.05, 0.1) is 5.75 Å². The third-order valence-electron chi connectivity index (χ3n) is 3.55. The fraction of sp³-hybridized carbons (Fsp3) is 0.333. The molecule has 0 aliphatic heterocycles. The third-order valence-corrected chi connectivity index (χ3v) is 5.40. The fourth-order valence-corrected chi connectivity index (χ4v) is 3.89. The van der Waals surface area contributed by atoms with Crippen molar-refractivity contribution in [2.45, 2.75) is 32.9 Å². The molecule has 0 unspecified atom stereocenters. The molecule has 0 aliphatic carbocycles. The van der Waals surface area contributed by atoms with Crippen molar-refractivity contribution < 1.29 is 8.42 Å². The van der Waals surface area contributed by atoms with E-state index in [0.717, 1.165) is 17.5 Å². The molecule has 2 rings (SSSR count). The molecule has 0 aliphatic rings. The molecule has 0 aromatic heterocycles. The SMILES string of the molecule is CCCCS(=O)(=O)N(Cc1ccccc1)Cc1ccccc1. The van der Waals surface area contributed by atoms with Crippen LogP contribution < -0.4 is 0 Å². The average Bonchev–Trinajstić information content (AvgIpc) is 2.54. The molecular weight excluding hydrogens is 294 g/mol. The summed E-state index contributed by atoms with van der Waals surface area (Å²) < 4.78 is 26.8. The number of hydrogen-bond donors (Lipinski definition) is 0. The monoisotopic (exact) mass is 317 g/mol. The van der Waals surface area contributed by atoms with Gasteiger partial charge in [0.1, 0.15) is 0 Å². The van der Waals surface area contributed by atoms with Gasteiger partial charge in [0.25, 0.3) is 0 Å². The molecule has 3 nitrogen and oxygen atoms in total. The molecule has 22 heavy (non-hydrogen) atoms. The van der Waals surface area contributed by atoms with Crippen LogP contribution in [-0.2, 0) is 23.1 Å². The van der Waals surface area contributed by atoms with Crippen molar-refractivity contribution in [1.82, 2.24) is 4.31 Å². The second-order valence-electron chi connectivity index (χ2n) is 5.41. The van der Waals surface area contributed by atoms with Gasteiger partial charge in [-0.2, -0.15) is 4.31 Å². The number of hydrogen-bond acceptors (Lipinski definition) is 2. The number of rotatable bonds is 8. The van der Waals surface area contributed by atoms with E-state index in [1.165, 1.54) is 0 Å². The van der Waals surface area contributed by atoms with E-state index in [-0.39, 0.29) is 5.75 Å². The Bertz CT molecular complexity index is 613. The second kappa shape index (κ2) is 8.11. The molecule has 2 aromatic carbocycles. The van der Waals surface area contributed by atoms with E-state index < -0.39 is 10.0 Å². The number of sulfonamides is 1. The van der Waals surface area contributed by atoms with Crippen LogP contribution in [0.3, 0.4) is 0 Å². The normalized spacial score (nSPS) is 11.7. The van der Waals surface area contributed by atoms with Crippen LogP contribution in [0.2, 0.25) is 0 Å². The minimum absolute atomic E-state index is 0.211. The van der Waals surface area contributed by atoms with Crippen LogP contribution in [0.1, 0.15) is 30.9 Å². The van der Waals surface area contributed by atoms with Gasteiger partial charge in [-0.25, -0.2) is 8.42 Å². The molecule has 0 saturated heterocycles. The van der Waals surface area contributed by atoms with Crippen molar-refractivity contribution >= 4 is 10.0 Å². The number of nitrogens with zero attached hydrogens (tertiary/aromatic N) is 1. The van der Waals surface area contributed by atoms with Gasteiger partial charge in [0.15, 0.2) is 0 Å². The number of benzene rings is 2. The maximum atomic E-state index is 12.6. The lowest BCUT2D eigenvalue weighted by Gasteiger charge is -2.22. The number of unbranched alkanes of at least 4 members (excludes halogenated alkanes) is 1. The van der Waals surface area contributed by atoms with Crippen LogP contribution in [-0.4, -0.2) is 18.5 Å². The van der Waals surface area contributed by atoms with E-state index in [2.05, 4.69) is 0 Å². The molecule has 0 bridgehead atoms. The van der Waals surface area contributed by atoms with Crippen LogP contribution in [0.15, 0.2) is 60.7 Å². The average molecular weight is 317 g/mol. The van der Waals surface area contributed by atoms with Crippen LogP contribution in [0, 0.1) is 0 Å². The van der Waals surface area contributed by atoms with E-state index in [9.17, 15) is 8.42 Å².